The maximum absolute atomic E-state index is 12.8. The second kappa shape index (κ2) is 8.21. The van der Waals surface area contributed by atoms with Gasteiger partial charge in [-0.3, -0.25) is 9.59 Å². The zero-order valence-corrected chi connectivity index (χ0v) is 19.4. The Labute approximate surface area is 197 Å². The molecular formula is C20H14Cl2N4O4S2. The number of amides is 2. The van der Waals surface area contributed by atoms with Gasteiger partial charge in [-0.15, -0.1) is 15.7 Å². The van der Waals surface area contributed by atoms with E-state index < -0.39 is 21.8 Å². The molecule has 2 amide bonds. The van der Waals surface area contributed by atoms with Crippen LogP contribution in [0.15, 0.2) is 57.1 Å². The lowest BCUT2D eigenvalue weighted by Gasteiger charge is -2.17. The van der Waals surface area contributed by atoms with Crippen LogP contribution < -0.4 is 16.0 Å². The van der Waals surface area contributed by atoms with Crippen molar-refractivity contribution in [2.24, 2.45) is 10.1 Å². The number of rotatable bonds is 4. The first kappa shape index (κ1) is 22.3. The smallest absolute Gasteiger partial charge is 0.295 e. The Balaban J connectivity index is 1.58. The number of fused-ring (bicyclic) bond motifs is 1. The normalized spacial score (nSPS) is 14.1. The molecule has 2 aromatic carbocycles. The standard InChI is InChI=1S/C20H14Cl2N4O4S2/c1-10-8-12(24-20(23)25-32(29,30)17-7-6-16(22)31-17)3-5-15(10)26-18(27)13-4-2-11(21)9-14(13)19(26)28/h2-9H,1H3,(H3,23,24,25). The van der Waals surface area contributed by atoms with E-state index >= 15 is 0 Å². The summed E-state index contributed by atoms with van der Waals surface area (Å²) in [6.07, 6.45) is 0. The minimum atomic E-state index is -4.01. The summed E-state index contributed by atoms with van der Waals surface area (Å²) >= 11 is 12.6. The first-order chi connectivity index (χ1) is 15.1. The van der Waals surface area contributed by atoms with Crippen LogP contribution in [0.3, 0.4) is 0 Å². The van der Waals surface area contributed by atoms with Crippen molar-refractivity contribution in [2.75, 3.05) is 10.2 Å². The number of anilines is 2. The molecule has 0 bridgehead atoms. The summed E-state index contributed by atoms with van der Waals surface area (Å²) < 4.78 is 28.4. The lowest BCUT2D eigenvalue weighted by molar-refractivity contribution is 0.0926. The molecule has 0 saturated heterocycles. The Kier molecular flexibility index (Phi) is 5.72. The highest BCUT2D eigenvalue weighted by Crippen LogP contribution is 2.33. The molecule has 12 heteroatoms. The van der Waals surface area contributed by atoms with Gasteiger partial charge in [-0.25, -0.2) is 4.90 Å². The zero-order chi connectivity index (χ0) is 23.2. The maximum Gasteiger partial charge on any atom is 0.295 e. The summed E-state index contributed by atoms with van der Waals surface area (Å²) in [5, 5.41) is 3.05. The average molecular weight is 509 g/mol. The van der Waals surface area contributed by atoms with Gasteiger partial charge in [0.05, 0.1) is 21.2 Å². The number of carbonyl (C=O) groups is 2. The Morgan fingerprint density at radius 2 is 1.75 bits per heavy atom. The van der Waals surface area contributed by atoms with Crippen LogP contribution in [0.2, 0.25) is 9.36 Å². The minimum Gasteiger partial charge on any atom is -0.369 e. The quantitative estimate of drug-likeness (QED) is 0.308. The molecular weight excluding hydrogens is 495 g/mol. The summed E-state index contributed by atoms with van der Waals surface area (Å²) in [4.78, 5) is 26.6. The van der Waals surface area contributed by atoms with Crippen LogP contribution in [-0.4, -0.2) is 26.2 Å². The van der Waals surface area contributed by atoms with Crippen molar-refractivity contribution in [3.63, 3.8) is 0 Å². The van der Waals surface area contributed by atoms with Crippen LogP contribution in [0.1, 0.15) is 26.3 Å². The highest BCUT2D eigenvalue weighted by atomic mass is 35.5. The Morgan fingerprint density at radius 3 is 2.41 bits per heavy atom. The first-order valence-electron chi connectivity index (χ1n) is 8.98. The van der Waals surface area contributed by atoms with Crippen LogP contribution in [0, 0.1) is 6.92 Å². The number of hydrogen-bond acceptors (Lipinski definition) is 5. The molecule has 3 aromatic rings. The number of imide groups is 1. The minimum absolute atomic E-state index is 0.0375. The fourth-order valence-electron chi connectivity index (χ4n) is 3.20. The first-order valence-corrected chi connectivity index (χ1v) is 12.0. The molecule has 2 heterocycles. The fourth-order valence-corrected chi connectivity index (χ4v) is 5.72. The lowest BCUT2D eigenvalue weighted by Crippen LogP contribution is -2.30. The molecule has 0 saturated carbocycles. The molecule has 0 unspecified atom stereocenters. The Morgan fingerprint density at radius 1 is 1.03 bits per heavy atom. The van der Waals surface area contributed by atoms with E-state index in [9.17, 15) is 18.0 Å². The third-order valence-electron chi connectivity index (χ3n) is 4.58. The van der Waals surface area contributed by atoms with Gasteiger partial charge in [0.25, 0.3) is 21.8 Å². The molecule has 0 radical (unpaired) electrons. The van der Waals surface area contributed by atoms with Crippen molar-refractivity contribution in [3.8, 4) is 0 Å². The monoisotopic (exact) mass is 508 g/mol. The molecule has 1 aliphatic rings. The number of carbonyl (C=O) groups excluding carboxylic acids is 2. The van der Waals surface area contributed by atoms with Crippen molar-refractivity contribution in [1.82, 2.24) is 0 Å². The molecule has 1 aromatic heterocycles. The Bertz CT molecular complexity index is 1420. The summed E-state index contributed by atoms with van der Waals surface area (Å²) in [5.41, 5.74) is 7.66. The summed E-state index contributed by atoms with van der Waals surface area (Å²) in [5.74, 6) is -1.28. The highest BCUT2D eigenvalue weighted by Gasteiger charge is 2.37. The van der Waals surface area contributed by atoms with Crippen molar-refractivity contribution in [3.05, 3.63) is 74.6 Å². The molecule has 1 aliphatic heterocycles. The molecule has 8 nitrogen and oxygen atoms in total. The number of hydrogen-bond donors (Lipinski definition) is 2. The molecule has 164 valence electrons. The van der Waals surface area contributed by atoms with Gasteiger partial charge in [0.2, 0.25) is 5.96 Å². The number of halogens is 2. The van der Waals surface area contributed by atoms with Gasteiger partial charge < -0.3 is 11.1 Å². The van der Waals surface area contributed by atoms with Gasteiger partial charge in [0, 0.05) is 10.7 Å². The predicted molar refractivity (Wildman–Crippen MR) is 126 cm³/mol. The maximum atomic E-state index is 12.8. The number of nitrogens with zero attached hydrogens (tertiary/aromatic N) is 2. The van der Waals surface area contributed by atoms with E-state index in [0.29, 0.717) is 26.3 Å². The molecule has 3 N–H and O–H groups in total. The summed E-state index contributed by atoms with van der Waals surface area (Å²) in [7, 11) is -4.01. The van der Waals surface area contributed by atoms with Crippen LogP contribution in [0.5, 0.6) is 0 Å². The van der Waals surface area contributed by atoms with Gasteiger partial charge in [0.1, 0.15) is 4.21 Å². The predicted octanol–water partition coefficient (Wildman–Crippen LogP) is 4.28. The number of benzene rings is 2. The van der Waals surface area contributed by atoms with Gasteiger partial charge in [-0.1, -0.05) is 23.2 Å². The summed E-state index contributed by atoms with van der Waals surface area (Å²) in [6.45, 7) is 1.70. The third kappa shape index (κ3) is 4.09. The van der Waals surface area contributed by atoms with Gasteiger partial charge in [-0.2, -0.15) is 8.42 Å². The topological polar surface area (TPSA) is 122 Å². The van der Waals surface area contributed by atoms with Crippen molar-refractivity contribution in [2.45, 2.75) is 11.1 Å². The zero-order valence-electron chi connectivity index (χ0n) is 16.3. The van der Waals surface area contributed by atoms with E-state index in [1.54, 1.807) is 31.2 Å². The molecule has 0 atom stereocenters. The van der Waals surface area contributed by atoms with Crippen LogP contribution in [0.4, 0.5) is 11.4 Å². The fraction of sp³-hybridized carbons (Fsp3) is 0.0500. The molecule has 4 rings (SSSR count). The van der Waals surface area contributed by atoms with Gasteiger partial charge in [-0.05, 0) is 61.0 Å². The van der Waals surface area contributed by atoms with Gasteiger partial charge >= 0.3 is 0 Å². The molecule has 32 heavy (non-hydrogen) atoms. The van der Waals surface area contributed by atoms with Crippen molar-refractivity contribution < 1.29 is 18.0 Å². The molecule has 0 spiro atoms. The third-order valence-corrected chi connectivity index (χ3v) is 7.80. The molecule has 0 fully saturated rings. The van der Waals surface area contributed by atoms with E-state index in [1.165, 1.54) is 24.3 Å². The van der Waals surface area contributed by atoms with Crippen molar-refractivity contribution in [1.29, 1.82) is 0 Å². The number of guanidine groups is 1. The van der Waals surface area contributed by atoms with Crippen LogP contribution in [-0.2, 0) is 10.0 Å². The largest absolute Gasteiger partial charge is 0.369 e. The number of nitrogens with two attached hydrogens (primary N) is 1. The van der Waals surface area contributed by atoms with Crippen LogP contribution in [0.25, 0.3) is 0 Å². The highest BCUT2D eigenvalue weighted by molar-refractivity contribution is 7.92. The molecule has 0 aliphatic carbocycles. The number of nitrogens with one attached hydrogen (secondary N) is 1. The lowest BCUT2D eigenvalue weighted by atomic mass is 10.1. The van der Waals surface area contributed by atoms with E-state index in [2.05, 4.69) is 9.71 Å². The Hall–Kier alpha value is -2.92. The van der Waals surface area contributed by atoms with Crippen LogP contribution >= 0.6 is 34.5 Å². The average Bonchev–Trinajstić information content (AvgIpc) is 3.25. The van der Waals surface area contributed by atoms with E-state index in [1.807, 2.05) is 0 Å². The second-order valence-electron chi connectivity index (χ2n) is 6.77. The van der Waals surface area contributed by atoms with E-state index in [0.717, 1.165) is 16.2 Å². The van der Waals surface area contributed by atoms with Crippen molar-refractivity contribution >= 4 is 73.7 Å². The summed E-state index contributed by atoms with van der Waals surface area (Å²) in [6, 6.07) is 12.0. The number of sulfonamides is 1. The number of aryl methyl sites for hydroxylation is 1. The second-order valence-corrected chi connectivity index (χ2v) is 10.8. The van der Waals surface area contributed by atoms with E-state index in [-0.39, 0.29) is 21.3 Å². The number of thiophene rings is 1. The van der Waals surface area contributed by atoms with E-state index in [4.69, 9.17) is 28.9 Å². The SMILES string of the molecule is Cc1cc(NC(N)=NS(=O)(=O)c2ccc(Cl)s2)ccc1N1C(=O)c2ccc(Cl)cc2C1=O. The van der Waals surface area contributed by atoms with Gasteiger partial charge in [0.15, 0.2) is 0 Å².